The fraction of sp³-hybridized carbons (Fsp3) is 0.167. The van der Waals surface area contributed by atoms with E-state index >= 15 is 0 Å². The lowest BCUT2D eigenvalue weighted by Gasteiger charge is -2.15. The van der Waals surface area contributed by atoms with Gasteiger partial charge in [0.2, 0.25) is 0 Å². The van der Waals surface area contributed by atoms with E-state index in [4.69, 9.17) is 5.26 Å². The van der Waals surface area contributed by atoms with Crippen LogP contribution in [0, 0.1) is 11.3 Å². The van der Waals surface area contributed by atoms with Gasteiger partial charge in [0.15, 0.2) is 0 Å². The largest absolute Gasteiger partial charge is 0.378 e. The van der Waals surface area contributed by atoms with E-state index in [-0.39, 0.29) is 16.1 Å². The first-order valence-electron chi connectivity index (χ1n) is 5.67. The Labute approximate surface area is 116 Å². The minimum absolute atomic E-state index is 0.0108. The van der Waals surface area contributed by atoms with Crippen molar-refractivity contribution in [1.29, 1.82) is 5.26 Å². The summed E-state index contributed by atoms with van der Waals surface area (Å²) in [4.78, 5) is 1.83. The molecule has 0 saturated carbocycles. The number of aromatic amines is 1. The van der Waals surface area contributed by atoms with Crippen molar-refractivity contribution >= 4 is 21.4 Å². The highest BCUT2D eigenvalue weighted by Crippen LogP contribution is 2.24. The molecule has 104 valence electrons. The molecule has 0 amide bonds. The van der Waals surface area contributed by atoms with Gasteiger partial charge in [0.25, 0.3) is 10.0 Å². The lowest BCUT2D eigenvalue weighted by Crippen LogP contribution is -2.14. The molecule has 20 heavy (non-hydrogen) atoms. The topological polar surface area (TPSA) is 102 Å². The van der Waals surface area contributed by atoms with Crippen LogP contribution in [0.3, 0.4) is 0 Å². The van der Waals surface area contributed by atoms with Gasteiger partial charge in [0, 0.05) is 26.0 Å². The second-order valence-electron chi connectivity index (χ2n) is 4.28. The van der Waals surface area contributed by atoms with E-state index in [2.05, 4.69) is 14.9 Å². The summed E-state index contributed by atoms with van der Waals surface area (Å²) in [7, 11) is -0.100. The van der Waals surface area contributed by atoms with Crippen LogP contribution < -0.4 is 9.62 Å². The number of hydrogen-bond donors (Lipinski definition) is 2. The molecule has 7 nitrogen and oxygen atoms in total. The summed E-state index contributed by atoms with van der Waals surface area (Å²) in [6.07, 6.45) is 2.47. The number of hydrogen-bond acceptors (Lipinski definition) is 5. The summed E-state index contributed by atoms with van der Waals surface area (Å²) < 4.78 is 26.6. The average Bonchev–Trinajstić information content (AvgIpc) is 2.92. The molecular weight excluding hydrogens is 278 g/mol. The van der Waals surface area contributed by atoms with Gasteiger partial charge in [-0.3, -0.25) is 9.82 Å². The Kier molecular flexibility index (Phi) is 3.63. The standard InChI is InChI=1S/C12H13N5O2S/c1-17(2)10-4-3-9(6-13)12(5-10)16-20(18,19)11-7-14-15-8-11/h3-5,7-8,16H,1-2H3,(H,14,15). The predicted molar refractivity (Wildman–Crippen MR) is 74.9 cm³/mol. The van der Waals surface area contributed by atoms with Gasteiger partial charge in [0.05, 0.1) is 17.4 Å². The van der Waals surface area contributed by atoms with Crippen LogP contribution in [-0.2, 0) is 10.0 Å². The molecule has 0 unspecified atom stereocenters. The van der Waals surface area contributed by atoms with Gasteiger partial charge in [-0.15, -0.1) is 0 Å². The van der Waals surface area contributed by atoms with Crippen LogP contribution in [0.4, 0.5) is 11.4 Å². The van der Waals surface area contributed by atoms with Crippen molar-refractivity contribution in [3.63, 3.8) is 0 Å². The minimum atomic E-state index is -3.76. The second-order valence-corrected chi connectivity index (χ2v) is 5.96. The maximum atomic E-state index is 12.1. The summed E-state index contributed by atoms with van der Waals surface area (Å²) >= 11 is 0. The second kappa shape index (κ2) is 5.22. The van der Waals surface area contributed by atoms with Gasteiger partial charge in [-0.2, -0.15) is 10.4 Å². The zero-order valence-corrected chi connectivity index (χ0v) is 11.8. The molecule has 1 aromatic heterocycles. The van der Waals surface area contributed by atoms with Crippen molar-refractivity contribution in [3.8, 4) is 6.07 Å². The third-order valence-corrected chi connectivity index (χ3v) is 4.00. The quantitative estimate of drug-likeness (QED) is 0.879. The highest BCUT2D eigenvalue weighted by molar-refractivity contribution is 7.92. The van der Waals surface area contributed by atoms with E-state index in [0.29, 0.717) is 0 Å². The summed E-state index contributed by atoms with van der Waals surface area (Å²) in [5, 5.41) is 15.1. The van der Waals surface area contributed by atoms with E-state index in [1.54, 1.807) is 18.2 Å². The molecule has 0 aliphatic heterocycles. The summed E-state index contributed by atoms with van der Waals surface area (Å²) in [6, 6.07) is 6.88. The third-order valence-electron chi connectivity index (χ3n) is 2.67. The Morgan fingerprint density at radius 3 is 2.70 bits per heavy atom. The van der Waals surface area contributed by atoms with Crippen molar-refractivity contribution in [2.24, 2.45) is 0 Å². The molecule has 0 fully saturated rings. The van der Waals surface area contributed by atoms with Crippen LogP contribution in [0.1, 0.15) is 5.56 Å². The van der Waals surface area contributed by atoms with Gasteiger partial charge in [-0.1, -0.05) is 0 Å². The van der Waals surface area contributed by atoms with Crippen LogP contribution in [0.5, 0.6) is 0 Å². The predicted octanol–water partition coefficient (Wildman–Crippen LogP) is 1.15. The third kappa shape index (κ3) is 2.73. The normalized spacial score (nSPS) is 10.8. The van der Waals surface area contributed by atoms with Crippen molar-refractivity contribution in [3.05, 3.63) is 36.2 Å². The number of benzene rings is 1. The van der Waals surface area contributed by atoms with E-state index < -0.39 is 10.0 Å². The number of nitrogens with one attached hydrogen (secondary N) is 2. The first-order chi connectivity index (χ1) is 9.44. The molecule has 0 saturated heterocycles. The number of sulfonamides is 1. The van der Waals surface area contributed by atoms with Crippen LogP contribution in [-0.4, -0.2) is 32.7 Å². The van der Waals surface area contributed by atoms with Gasteiger partial charge in [0.1, 0.15) is 11.0 Å². The van der Waals surface area contributed by atoms with Crippen LogP contribution in [0.2, 0.25) is 0 Å². The number of anilines is 2. The maximum absolute atomic E-state index is 12.1. The lowest BCUT2D eigenvalue weighted by molar-refractivity contribution is 0.601. The van der Waals surface area contributed by atoms with Crippen LogP contribution in [0.15, 0.2) is 35.5 Å². The van der Waals surface area contributed by atoms with Crippen molar-refractivity contribution < 1.29 is 8.42 Å². The monoisotopic (exact) mass is 291 g/mol. The molecule has 8 heteroatoms. The Bertz CT molecular complexity index is 745. The molecule has 0 aliphatic carbocycles. The molecule has 0 spiro atoms. The molecule has 2 rings (SSSR count). The smallest absolute Gasteiger partial charge is 0.265 e. The summed E-state index contributed by atoms with van der Waals surface area (Å²) in [5.74, 6) is 0. The highest BCUT2D eigenvalue weighted by atomic mass is 32.2. The number of rotatable bonds is 4. The first-order valence-corrected chi connectivity index (χ1v) is 7.15. The van der Waals surface area contributed by atoms with Gasteiger partial charge >= 0.3 is 0 Å². The zero-order valence-electron chi connectivity index (χ0n) is 11.0. The molecule has 2 N–H and O–H groups in total. The molecule has 2 aromatic rings. The van der Waals surface area contributed by atoms with Gasteiger partial charge in [-0.05, 0) is 18.2 Å². The Balaban J connectivity index is 2.43. The Hall–Kier alpha value is -2.53. The SMILES string of the molecule is CN(C)c1ccc(C#N)c(NS(=O)(=O)c2cn[nH]c2)c1. The molecule has 0 aliphatic rings. The zero-order chi connectivity index (χ0) is 14.8. The van der Waals surface area contributed by atoms with E-state index in [9.17, 15) is 8.42 Å². The van der Waals surface area contributed by atoms with Crippen LogP contribution >= 0.6 is 0 Å². The number of H-pyrrole nitrogens is 1. The van der Waals surface area contributed by atoms with Gasteiger partial charge in [-0.25, -0.2) is 8.42 Å². The molecule has 0 radical (unpaired) electrons. The van der Waals surface area contributed by atoms with E-state index in [1.165, 1.54) is 12.4 Å². The Morgan fingerprint density at radius 2 is 2.15 bits per heavy atom. The minimum Gasteiger partial charge on any atom is -0.378 e. The molecule has 0 atom stereocenters. The lowest BCUT2D eigenvalue weighted by atomic mass is 10.2. The number of nitrogens with zero attached hydrogens (tertiary/aromatic N) is 3. The van der Waals surface area contributed by atoms with Crippen molar-refractivity contribution in [2.45, 2.75) is 4.90 Å². The van der Waals surface area contributed by atoms with Crippen molar-refractivity contribution in [2.75, 3.05) is 23.7 Å². The van der Waals surface area contributed by atoms with E-state index in [0.717, 1.165) is 5.69 Å². The Morgan fingerprint density at radius 1 is 1.40 bits per heavy atom. The average molecular weight is 291 g/mol. The molecule has 0 bridgehead atoms. The summed E-state index contributed by atoms with van der Waals surface area (Å²) in [6.45, 7) is 0. The first kappa shape index (κ1) is 13.9. The molecule has 1 heterocycles. The molecular formula is C12H13N5O2S. The molecule has 1 aromatic carbocycles. The highest BCUT2D eigenvalue weighted by Gasteiger charge is 2.17. The summed E-state index contributed by atoms with van der Waals surface area (Å²) in [5.41, 5.74) is 1.27. The fourth-order valence-electron chi connectivity index (χ4n) is 1.58. The maximum Gasteiger partial charge on any atom is 0.265 e. The van der Waals surface area contributed by atoms with E-state index in [1.807, 2.05) is 25.1 Å². The van der Waals surface area contributed by atoms with Gasteiger partial charge < -0.3 is 4.90 Å². The van der Waals surface area contributed by atoms with Crippen molar-refractivity contribution in [1.82, 2.24) is 10.2 Å². The number of aromatic nitrogens is 2. The van der Waals surface area contributed by atoms with Crippen LogP contribution in [0.25, 0.3) is 0 Å². The fourth-order valence-corrected chi connectivity index (χ4v) is 2.56. The number of nitriles is 1.